The van der Waals surface area contributed by atoms with Gasteiger partial charge in [-0.25, -0.2) is 9.97 Å². The molecule has 10 nitrogen and oxygen atoms in total. The van der Waals surface area contributed by atoms with Gasteiger partial charge >= 0.3 is 0 Å². The van der Waals surface area contributed by atoms with Gasteiger partial charge in [0.15, 0.2) is 5.82 Å². The van der Waals surface area contributed by atoms with E-state index in [0.717, 1.165) is 18.9 Å². The summed E-state index contributed by atoms with van der Waals surface area (Å²) in [5.74, 6) is 1.27. The molecule has 0 saturated carbocycles. The predicted octanol–water partition coefficient (Wildman–Crippen LogP) is -0.907. The van der Waals surface area contributed by atoms with Crippen molar-refractivity contribution in [2.45, 2.75) is 0 Å². The van der Waals surface area contributed by atoms with Crippen LogP contribution in [0.1, 0.15) is 0 Å². The Kier molecular flexibility index (Phi) is 3.44. The second kappa shape index (κ2) is 5.74. The van der Waals surface area contributed by atoms with Crippen LogP contribution in [-0.2, 0) is 4.74 Å². The van der Waals surface area contributed by atoms with Crippen LogP contribution in [0, 0.1) is 0 Å². The molecule has 23 heavy (non-hydrogen) atoms. The van der Waals surface area contributed by atoms with Crippen molar-refractivity contribution in [1.29, 1.82) is 0 Å². The number of H-pyrrole nitrogens is 1. The Morgan fingerprint density at radius 1 is 1.17 bits per heavy atom. The first kappa shape index (κ1) is 13.8. The average molecular weight is 316 g/mol. The standard InChI is InChI=1S/C13H16N8O2/c22-13-10(20-2-1-16-18-20)8-17-21(13)12-7-11(14-9-15-12)19-3-5-23-6-4-19/h1-2,7-9,16-18H,3-6H2. The molecule has 0 unspecified atom stereocenters. The van der Waals surface area contributed by atoms with E-state index in [1.807, 2.05) is 0 Å². The highest BCUT2D eigenvalue weighted by Gasteiger charge is 2.17. The quantitative estimate of drug-likeness (QED) is 0.669. The Balaban J connectivity index is 1.65. The molecule has 1 saturated heterocycles. The fraction of sp³-hybridized carbons (Fsp3) is 0.308. The third-order valence-corrected chi connectivity index (χ3v) is 3.71. The molecule has 2 aromatic rings. The number of hydrogen-bond acceptors (Lipinski definition) is 8. The Morgan fingerprint density at radius 2 is 2.00 bits per heavy atom. The van der Waals surface area contributed by atoms with Gasteiger partial charge in [-0.3, -0.25) is 14.9 Å². The van der Waals surface area contributed by atoms with Gasteiger partial charge < -0.3 is 15.1 Å². The molecule has 4 heterocycles. The van der Waals surface area contributed by atoms with E-state index in [1.54, 1.807) is 29.7 Å². The highest BCUT2D eigenvalue weighted by Crippen LogP contribution is 2.15. The Hall–Kier alpha value is -2.85. The van der Waals surface area contributed by atoms with E-state index in [9.17, 15) is 4.79 Å². The zero-order chi connectivity index (χ0) is 15.6. The molecule has 3 N–H and O–H groups in total. The van der Waals surface area contributed by atoms with E-state index < -0.39 is 0 Å². The van der Waals surface area contributed by atoms with Gasteiger partial charge in [0, 0.05) is 37.8 Å². The lowest BCUT2D eigenvalue weighted by Crippen LogP contribution is -2.38. The number of morpholine rings is 1. The first-order valence-electron chi connectivity index (χ1n) is 7.25. The zero-order valence-electron chi connectivity index (χ0n) is 12.3. The summed E-state index contributed by atoms with van der Waals surface area (Å²) in [6, 6.07) is 1.79. The topological polar surface area (TPSA) is 103 Å². The number of hydrogen-bond donors (Lipinski definition) is 3. The van der Waals surface area contributed by atoms with Crippen LogP contribution in [0.25, 0.3) is 5.82 Å². The van der Waals surface area contributed by atoms with E-state index in [2.05, 4.69) is 30.9 Å². The van der Waals surface area contributed by atoms with Gasteiger partial charge in [0.1, 0.15) is 17.8 Å². The summed E-state index contributed by atoms with van der Waals surface area (Å²) in [6.45, 7) is 2.89. The minimum Gasteiger partial charge on any atom is -0.378 e. The van der Waals surface area contributed by atoms with Gasteiger partial charge in [0.25, 0.3) is 5.56 Å². The van der Waals surface area contributed by atoms with E-state index in [4.69, 9.17) is 4.74 Å². The lowest BCUT2D eigenvalue weighted by atomic mass is 10.4. The van der Waals surface area contributed by atoms with Crippen LogP contribution >= 0.6 is 0 Å². The molecule has 0 bridgehead atoms. The van der Waals surface area contributed by atoms with Crippen LogP contribution in [0.2, 0.25) is 0 Å². The van der Waals surface area contributed by atoms with Gasteiger partial charge in [-0.1, -0.05) is 0 Å². The lowest BCUT2D eigenvalue weighted by molar-refractivity contribution is 0.122. The summed E-state index contributed by atoms with van der Waals surface area (Å²) in [4.78, 5) is 23.1. The molecule has 0 aliphatic carbocycles. The molecule has 2 aromatic heterocycles. The summed E-state index contributed by atoms with van der Waals surface area (Å²) < 4.78 is 6.73. The number of aromatic amines is 1. The monoisotopic (exact) mass is 316 g/mol. The number of aromatic nitrogens is 4. The maximum atomic E-state index is 12.5. The Morgan fingerprint density at radius 3 is 2.78 bits per heavy atom. The summed E-state index contributed by atoms with van der Waals surface area (Å²) in [6.07, 6.45) is 6.48. The summed E-state index contributed by atoms with van der Waals surface area (Å²) in [7, 11) is 0. The van der Waals surface area contributed by atoms with Crippen LogP contribution in [0.5, 0.6) is 0 Å². The third kappa shape index (κ3) is 2.53. The molecule has 0 radical (unpaired) electrons. The van der Waals surface area contributed by atoms with Crippen molar-refractivity contribution in [1.82, 2.24) is 30.7 Å². The molecule has 0 aromatic carbocycles. The Labute approximate surface area is 131 Å². The number of nitrogens with one attached hydrogen (secondary N) is 3. The van der Waals surface area contributed by atoms with Gasteiger partial charge in [-0.05, 0) is 0 Å². The maximum absolute atomic E-state index is 12.5. The zero-order valence-corrected chi connectivity index (χ0v) is 12.3. The molecule has 1 fully saturated rings. The molecular formula is C13H16N8O2. The lowest BCUT2D eigenvalue weighted by Gasteiger charge is -2.27. The normalized spacial score (nSPS) is 17.6. The first-order chi connectivity index (χ1) is 11.3. The number of anilines is 2. The van der Waals surface area contributed by atoms with Gasteiger partial charge in [0.2, 0.25) is 0 Å². The van der Waals surface area contributed by atoms with Crippen LogP contribution in [0.4, 0.5) is 11.5 Å². The molecule has 2 aliphatic rings. The first-order valence-corrected chi connectivity index (χ1v) is 7.25. The summed E-state index contributed by atoms with van der Waals surface area (Å²) >= 11 is 0. The van der Waals surface area contributed by atoms with Crippen molar-refractivity contribution in [2.24, 2.45) is 0 Å². The van der Waals surface area contributed by atoms with E-state index in [-0.39, 0.29) is 5.56 Å². The molecular weight excluding hydrogens is 300 g/mol. The van der Waals surface area contributed by atoms with Crippen molar-refractivity contribution in [3.05, 3.63) is 41.3 Å². The van der Waals surface area contributed by atoms with Crippen molar-refractivity contribution in [3.8, 4) is 5.82 Å². The van der Waals surface area contributed by atoms with E-state index >= 15 is 0 Å². The second-order valence-corrected chi connectivity index (χ2v) is 5.07. The maximum Gasteiger partial charge on any atom is 0.298 e. The molecule has 0 amide bonds. The highest BCUT2D eigenvalue weighted by molar-refractivity contribution is 5.48. The summed E-state index contributed by atoms with van der Waals surface area (Å²) in [5.41, 5.74) is 5.86. The van der Waals surface area contributed by atoms with Gasteiger partial charge in [-0.2, -0.15) is 4.68 Å². The minimum absolute atomic E-state index is 0.211. The van der Waals surface area contributed by atoms with Crippen molar-refractivity contribution < 1.29 is 4.74 Å². The van der Waals surface area contributed by atoms with Crippen LogP contribution in [0.3, 0.4) is 0 Å². The second-order valence-electron chi connectivity index (χ2n) is 5.07. The predicted molar refractivity (Wildman–Crippen MR) is 82.9 cm³/mol. The SMILES string of the molecule is O=c1c(N2C=CNN2)c[nH]n1-c1cc(N2CCOCC2)ncn1. The molecule has 0 spiro atoms. The van der Waals surface area contributed by atoms with Crippen LogP contribution < -0.4 is 26.4 Å². The molecule has 10 heteroatoms. The number of ether oxygens (including phenoxy) is 1. The average Bonchev–Trinajstić information content (AvgIpc) is 3.25. The van der Waals surface area contributed by atoms with Crippen LogP contribution in [0.15, 0.2) is 35.8 Å². The minimum atomic E-state index is -0.211. The Bertz CT molecular complexity index is 776. The molecule has 2 aliphatic heterocycles. The third-order valence-electron chi connectivity index (χ3n) is 3.71. The number of nitrogens with zero attached hydrogens (tertiary/aromatic N) is 5. The number of rotatable bonds is 3. The molecule has 120 valence electrons. The smallest absolute Gasteiger partial charge is 0.298 e. The van der Waals surface area contributed by atoms with Gasteiger partial charge in [-0.15, -0.1) is 5.53 Å². The largest absolute Gasteiger partial charge is 0.378 e. The fourth-order valence-electron chi connectivity index (χ4n) is 2.52. The fourth-order valence-corrected chi connectivity index (χ4v) is 2.52. The van der Waals surface area contributed by atoms with E-state index in [1.165, 1.54) is 11.0 Å². The molecule has 4 rings (SSSR count). The van der Waals surface area contributed by atoms with Crippen LogP contribution in [-0.4, -0.2) is 46.1 Å². The summed E-state index contributed by atoms with van der Waals surface area (Å²) in [5, 5.41) is 4.51. The van der Waals surface area contributed by atoms with Crippen molar-refractivity contribution in [3.63, 3.8) is 0 Å². The van der Waals surface area contributed by atoms with E-state index in [0.29, 0.717) is 24.7 Å². The number of hydrazine groups is 2. The van der Waals surface area contributed by atoms with Crippen molar-refractivity contribution >= 4 is 11.5 Å². The van der Waals surface area contributed by atoms with Gasteiger partial charge in [0.05, 0.1) is 13.2 Å². The van der Waals surface area contributed by atoms with Crippen molar-refractivity contribution in [2.75, 3.05) is 36.2 Å². The highest BCUT2D eigenvalue weighted by atomic mass is 16.5. The molecule has 0 atom stereocenters.